The van der Waals surface area contributed by atoms with Crippen molar-refractivity contribution in [2.75, 3.05) is 0 Å². The lowest BCUT2D eigenvalue weighted by Crippen LogP contribution is -2.23. The van der Waals surface area contributed by atoms with Crippen LogP contribution in [0.4, 0.5) is 0 Å². The van der Waals surface area contributed by atoms with Crippen molar-refractivity contribution < 1.29 is 14.6 Å². The maximum Gasteiger partial charge on any atom is 0.306 e. The van der Waals surface area contributed by atoms with E-state index in [1.165, 1.54) is 0 Å². The van der Waals surface area contributed by atoms with Crippen LogP contribution in [0.3, 0.4) is 0 Å². The predicted molar refractivity (Wildman–Crippen MR) is 76.0 cm³/mol. The Morgan fingerprint density at radius 3 is 2.58 bits per heavy atom. The minimum Gasteiger partial charge on any atom is -0.460 e. The fourth-order valence-electron chi connectivity index (χ4n) is 1.72. The molecule has 0 aliphatic carbocycles. The zero-order chi connectivity index (χ0) is 14.4. The van der Waals surface area contributed by atoms with Gasteiger partial charge in [-0.2, -0.15) is 0 Å². The molecule has 0 saturated heterocycles. The van der Waals surface area contributed by atoms with E-state index in [9.17, 15) is 9.90 Å². The van der Waals surface area contributed by atoms with Crippen LogP contribution in [-0.4, -0.2) is 17.2 Å². The summed E-state index contributed by atoms with van der Waals surface area (Å²) >= 11 is 6.01. The molecule has 106 valence electrons. The lowest BCUT2D eigenvalue weighted by molar-refractivity contribution is -0.155. The van der Waals surface area contributed by atoms with Crippen molar-refractivity contribution in [3.05, 3.63) is 34.9 Å². The van der Waals surface area contributed by atoms with E-state index in [2.05, 4.69) is 0 Å². The van der Waals surface area contributed by atoms with Gasteiger partial charge >= 0.3 is 5.97 Å². The summed E-state index contributed by atoms with van der Waals surface area (Å²) in [6, 6.07) is 7.01. The first-order valence-electron chi connectivity index (χ1n) is 6.57. The van der Waals surface area contributed by atoms with Gasteiger partial charge in [-0.05, 0) is 18.9 Å². The molecule has 19 heavy (non-hydrogen) atoms. The van der Waals surface area contributed by atoms with Crippen molar-refractivity contribution in [1.82, 2.24) is 0 Å². The Labute approximate surface area is 119 Å². The number of hydrogen-bond donors (Lipinski definition) is 1. The van der Waals surface area contributed by atoms with E-state index in [4.69, 9.17) is 16.3 Å². The summed E-state index contributed by atoms with van der Waals surface area (Å²) in [5.74, 6) is 0.00473. The van der Waals surface area contributed by atoms with E-state index in [-0.39, 0.29) is 11.9 Å². The van der Waals surface area contributed by atoms with E-state index >= 15 is 0 Å². The SMILES string of the molecule is CCC(C)CC(=O)OC(C)C(O)c1ccccc1Cl. The second kappa shape index (κ2) is 7.51. The molecule has 0 saturated carbocycles. The molecule has 3 atom stereocenters. The highest BCUT2D eigenvalue weighted by atomic mass is 35.5. The molecular formula is C15H21ClO3. The van der Waals surface area contributed by atoms with Crippen LogP contribution < -0.4 is 0 Å². The molecule has 0 amide bonds. The van der Waals surface area contributed by atoms with Gasteiger partial charge in [0.15, 0.2) is 0 Å². The number of carbonyl (C=O) groups excluding carboxylic acids is 1. The molecule has 1 N–H and O–H groups in total. The van der Waals surface area contributed by atoms with Crippen LogP contribution >= 0.6 is 11.6 Å². The molecule has 0 bridgehead atoms. The highest BCUT2D eigenvalue weighted by molar-refractivity contribution is 6.31. The molecule has 3 nitrogen and oxygen atoms in total. The molecule has 1 aromatic rings. The molecule has 0 radical (unpaired) electrons. The summed E-state index contributed by atoms with van der Waals surface area (Å²) < 4.78 is 5.25. The van der Waals surface area contributed by atoms with Crippen LogP contribution in [0, 0.1) is 5.92 Å². The molecule has 0 aromatic heterocycles. The Kier molecular flexibility index (Phi) is 6.32. The number of esters is 1. The van der Waals surface area contributed by atoms with Gasteiger partial charge in [-0.3, -0.25) is 4.79 Å². The van der Waals surface area contributed by atoms with E-state index < -0.39 is 12.2 Å². The monoisotopic (exact) mass is 284 g/mol. The molecule has 3 unspecified atom stereocenters. The second-order valence-electron chi connectivity index (χ2n) is 4.88. The van der Waals surface area contributed by atoms with Gasteiger partial charge < -0.3 is 9.84 Å². The Hall–Kier alpha value is -1.06. The summed E-state index contributed by atoms with van der Waals surface area (Å²) in [6.45, 7) is 5.69. The van der Waals surface area contributed by atoms with Gasteiger partial charge in [0, 0.05) is 17.0 Å². The molecule has 0 aliphatic rings. The summed E-state index contributed by atoms with van der Waals surface area (Å²) in [6.07, 6.45) is -0.224. The first-order valence-corrected chi connectivity index (χ1v) is 6.95. The Balaban J connectivity index is 2.60. The van der Waals surface area contributed by atoms with Gasteiger partial charge in [-0.1, -0.05) is 50.1 Å². The van der Waals surface area contributed by atoms with Crippen LogP contribution in [-0.2, 0) is 9.53 Å². The first kappa shape index (κ1) is 16.0. The fraction of sp³-hybridized carbons (Fsp3) is 0.533. The number of aliphatic hydroxyl groups is 1. The highest BCUT2D eigenvalue weighted by Gasteiger charge is 2.22. The smallest absolute Gasteiger partial charge is 0.306 e. The standard InChI is InChI=1S/C15H21ClO3/c1-4-10(2)9-14(17)19-11(3)15(18)12-7-5-6-8-13(12)16/h5-8,10-11,15,18H,4,9H2,1-3H3. The number of benzene rings is 1. The third-order valence-electron chi connectivity index (χ3n) is 3.20. The van der Waals surface area contributed by atoms with Gasteiger partial charge in [0.2, 0.25) is 0 Å². The minimum absolute atomic E-state index is 0.284. The zero-order valence-corrected chi connectivity index (χ0v) is 12.4. The first-order chi connectivity index (χ1) is 8.95. The van der Waals surface area contributed by atoms with Crippen molar-refractivity contribution >= 4 is 17.6 Å². The quantitative estimate of drug-likeness (QED) is 0.810. The second-order valence-corrected chi connectivity index (χ2v) is 5.29. The fourth-order valence-corrected chi connectivity index (χ4v) is 1.96. The number of aliphatic hydroxyl groups excluding tert-OH is 1. The van der Waals surface area contributed by atoms with Crippen LogP contribution in [0.25, 0.3) is 0 Å². The summed E-state index contributed by atoms with van der Waals surface area (Å²) in [7, 11) is 0. The van der Waals surface area contributed by atoms with Crippen LogP contribution in [0.15, 0.2) is 24.3 Å². The molecule has 1 aromatic carbocycles. The largest absolute Gasteiger partial charge is 0.460 e. The zero-order valence-electron chi connectivity index (χ0n) is 11.6. The maximum absolute atomic E-state index is 11.7. The third-order valence-corrected chi connectivity index (χ3v) is 3.54. The van der Waals surface area contributed by atoms with Gasteiger partial charge in [0.1, 0.15) is 12.2 Å². The number of ether oxygens (including phenoxy) is 1. The van der Waals surface area contributed by atoms with Gasteiger partial charge in [-0.25, -0.2) is 0 Å². The van der Waals surface area contributed by atoms with Crippen LogP contribution in [0.1, 0.15) is 45.3 Å². The van der Waals surface area contributed by atoms with Crippen molar-refractivity contribution in [3.8, 4) is 0 Å². The molecule has 0 fully saturated rings. The van der Waals surface area contributed by atoms with Crippen molar-refractivity contribution in [2.24, 2.45) is 5.92 Å². The van der Waals surface area contributed by atoms with E-state index in [1.807, 2.05) is 13.8 Å². The minimum atomic E-state index is -0.908. The van der Waals surface area contributed by atoms with Crippen molar-refractivity contribution in [2.45, 2.75) is 45.8 Å². The summed E-state index contributed by atoms with van der Waals surface area (Å²) in [4.78, 5) is 11.7. The van der Waals surface area contributed by atoms with E-state index in [0.29, 0.717) is 17.0 Å². The van der Waals surface area contributed by atoms with Gasteiger partial charge in [-0.15, -0.1) is 0 Å². The highest BCUT2D eigenvalue weighted by Crippen LogP contribution is 2.26. The number of hydrogen-bond acceptors (Lipinski definition) is 3. The van der Waals surface area contributed by atoms with Crippen molar-refractivity contribution in [1.29, 1.82) is 0 Å². The van der Waals surface area contributed by atoms with Gasteiger partial charge in [0.05, 0.1) is 0 Å². The van der Waals surface area contributed by atoms with Crippen molar-refractivity contribution in [3.63, 3.8) is 0 Å². The summed E-state index contributed by atoms with van der Waals surface area (Å²) in [5, 5.41) is 10.6. The molecule has 4 heteroatoms. The number of carbonyl (C=O) groups is 1. The molecular weight excluding hydrogens is 264 g/mol. The van der Waals surface area contributed by atoms with E-state index in [1.54, 1.807) is 31.2 Å². The average Bonchev–Trinajstić information content (AvgIpc) is 2.38. The Morgan fingerprint density at radius 2 is 2.00 bits per heavy atom. The molecule has 1 rings (SSSR count). The lowest BCUT2D eigenvalue weighted by atomic mass is 10.0. The molecule has 0 aliphatic heterocycles. The lowest BCUT2D eigenvalue weighted by Gasteiger charge is -2.21. The van der Waals surface area contributed by atoms with Crippen LogP contribution in [0.2, 0.25) is 5.02 Å². The topological polar surface area (TPSA) is 46.5 Å². The van der Waals surface area contributed by atoms with Gasteiger partial charge in [0.25, 0.3) is 0 Å². The average molecular weight is 285 g/mol. The summed E-state index contributed by atoms with van der Waals surface area (Å²) in [5.41, 5.74) is 0.577. The third kappa shape index (κ3) is 4.84. The molecule has 0 heterocycles. The Morgan fingerprint density at radius 1 is 1.37 bits per heavy atom. The number of halogens is 1. The van der Waals surface area contributed by atoms with E-state index in [0.717, 1.165) is 6.42 Å². The maximum atomic E-state index is 11.7. The predicted octanol–water partition coefficient (Wildman–Crippen LogP) is 3.74. The molecule has 0 spiro atoms. The Bertz CT molecular complexity index is 420. The van der Waals surface area contributed by atoms with Crippen LogP contribution in [0.5, 0.6) is 0 Å². The number of rotatable bonds is 6. The normalized spacial score (nSPS) is 15.6.